The van der Waals surface area contributed by atoms with E-state index >= 15 is 0 Å². The molecule has 9 nitrogen and oxygen atoms in total. The SMILES string of the molecule is CN(C)Cc1cc(-c2cnc([C@@H]3CCCN3C(=O)OC(C)(C)C)[nH]2)ccc1-c1ccc(-c2cnc([C@@H]3CCCN3Br)[nH]2)cc1. The molecule has 0 unspecified atom stereocenters. The summed E-state index contributed by atoms with van der Waals surface area (Å²) in [5.74, 6) is 1.81. The van der Waals surface area contributed by atoms with Gasteiger partial charge in [-0.15, -0.1) is 0 Å². The average Bonchev–Trinajstić information content (AvgIpc) is 3.78. The normalized spacial score (nSPS) is 19.3. The van der Waals surface area contributed by atoms with E-state index in [4.69, 9.17) is 9.72 Å². The summed E-state index contributed by atoms with van der Waals surface area (Å²) in [6, 6.07) is 15.5. The summed E-state index contributed by atoms with van der Waals surface area (Å²) in [6.45, 7) is 8.20. The zero-order valence-electron chi connectivity index (χ0n) is 26.2. The number of aromatic nitrogens is 4. The summed E-state index contributed by atoms with van der Waals surface area (Å²) in [4.78, 5) is 33.3. The first-order chi connectivity index (χ1) is 21.1. The Morgan fingerprint density at radius 2 is 1.50 bits per heavy atom. The van der Waals surface area contributed by atoms with Crippen LogP contribution < -0.4 is 0 Å². The first-order valence-electron chi connectivity index (χ1n) is 15.5. The minimum absolute atomic E-state index is 0.111. The van der Waals surface area contributed by atoms with Crippen LogP contribution in [0, 0.1) is 0 Å². The first kappa shape index (κ1) is 30.6. The standard InChI is InChI=1S/C34H42BrN7O2/c1-34(2,3)44-33(43)41-16-6-8-29(41)31-36-20-28(39-31)24-14-15-26(25(18-24)21-40(4)5)22-10-12-23(13-11-22)27-19-37-32(38-27)30-9-7-17-42(30)35/h10-15,18-20,29-30H,6-9,16-17,21H2,1-5H3,(H,36,39)(H,37,38)/t29-,30-/m0/s1. The van der Waals surface area contributed by atoms with Crippen LogP contribution in [0.5, 0.6) is 0 Å². The van der Waals surface area contributed by atoms with Crippen molar-refractivity contribution in [2.45, 2.75) is 70.7 Å². The summed E-state index contributed by atoms with van der Waals surface area (Å²) in [6.07, 6.45) is 7.60. The van der Waals surface area contributed by atoms with Gasteiger partial charge in [-0.1, -0.05) is 36.4 Å². The quantitative estimate of drug-likeness (QED) is 0.197. The van der Waals surface area contributed by atoms with Crippen LogP contribution in [0.2, 0.25) is 0 Å². The van der Waals surface area contributed by atoms with Gasteiger partial charge in [0.25, 0.3) is 0 Å². The lowest BCUT2D eigenvalue weighted by molar-refractivity contribution is 0.0218. The molecule has 2 N–H and O–H groups in total. The van der Waals surface area contributed by atoms with Crippen molar-refractivity contribution >= 4 is 22.2 Å². The molecular weight excluding hydrogens is 618 g/mol. The third-order valence-electron chi connectivity index (χ3n) is 8.30. The molecule has 44 heavy (non-hydrogen) atoms. The van der Waals surface area contributed by atoms with Gasteiger partial charge >= 0.3 is 6.09 Å². The smallest absolute Gasteiger partial charge is 0.410 e. The molecule has 4 heterocycles. The molecule has 0 bridgehead atoms. The molecule has 2 aliphatic rings. The maximum absolute atomic E-state index is 12.9. The highest BCUT2D eigenvalue weighted by molar-refractivity contribution is 9.07. The van der Waals surface area contributed by atoms with E-state index in [-0.39, 0.29) is 12.1 Å². The van der Waals surface area contributed by atoms with E-state index in [0.717, 1.165) is 66.5 Å². The van der Waals surface area contributed by atoms with Crippen LogP contribution in [-0.4, -0.2) is 72.5 Å². The van der Waals surface area contributed by atoms with Gasteiger partial charge in [0.05, 0.1) is 35.9 Å². The topological polar surface area (TPSA) is 93.4 Å². The number of hydrogen-bond acceptors (Lipinski definition) is 6. The van der Waals surface area contributed by atoms with Gasteiger partial charge in [0, 0.05) is 35.8 Å². The van der Waals surface area contributed by atoms with Crippen molar-refractivity contribution in [1.29, 1.82) is 0 Å². The van der Waals surface area contributed by atoms with Gasteiger partial charge in [-0.25, -0.2) is 18.7 Å². The number of nitrogens with one attached hydrogen (secondary N) is 2. The Balaban J connectivity index is 1.22. The number of H-pyrrole nitrogens is 2. The fourth-order valence-corrected chi connectivity index (χ4v) is 6.89. The molecule has 232 valence electrons. The number of imidazole rings is 2. The third kappa shape index (κ3) is 6.62. The summed E-state index contributed by atoms with van der Waals surface area (Å²) >= 11 is 3.66. The number of carbonyl (C=O) groups excluding carboxylic acids is 1. The highest BCUT2D eigenvalue weighted by Gasteiger charge is 2.35. The summed E-state index contributed by atoms with van der Waals surface area (Å²) < 4.78 is 7.85. The van der Waals surface area contributed by atoms with Crippen LogP contribution in [0.15, 0.2) is 54.9 Å². The monoisotopic (exact) mass is 659 g/mol. The molecule has 2 atom stereocenters. The number of ether oxygens (including phenoxy) is 1. The minimum atomic E-state index is -0.531. The zero-order valence-corrected chi connectivity index (χ0v) is 27.8. The van der Waals surface area contributed by atoms with Crippen LogP contribution in [0.1, 0.15) is 75.8 Å². The number of amides is 1. The number of benzene rings is 2. The van der Waals surface area contributed by atoms with Crippen molar-refractivity contribution < 1.29 is 9.53 Å². The van der Waals surface area contributed by atoms with Gasteiger partial charge in [0.1, 0.15) is 17.2 Å². The average molecular weight is 661 g/mol. The van der Waals surface area contributed by atoms with E-state index in [9.17, 15) is 4.79 Å². The highest BCUT2D eigenvalue weighted by atomic mass is 79.9. The Morgan fingerprint density at radius 1 is 0.909 bits per heavy atom. The second kappa shape index (κ2) is 12.5. The van der Waals surface area contributed by atoms with Crippen LogP contribution in [0.4, 0.5) is 4.79 Å². The Bertz CT molecular complexity index is 1600. The van der Waals surface area contributed by atoms with E-state index < -0.39 is 5.60 Å². The fourth-order valence-electron chi connectivity index (χ4n) is 6.24. The van der Waals surface area contributed by atoms with Gasteiger partial charge in [-0.2, -0.15) is 0 Å². The summed E-state index contributed by atoms with van der Waals surface area (Å²) in [7, 11) is 4.18. The maximum atomic E-state index is 12.9. The lowest BCUT2D eigenvalue weighted by Crippen LogP contribution is -2.36. The van der Waals surface area contributed by atoms with Crippen molar-refractivity contribution in [2.75, 3.05) is 27.2 Å². The third-order valence-corrected chi connectivity index (χ3v) is 9.15. The first-order valence-corrected chi connectivity index (χ1v) is 16.2. The summed E-state index contributed by atoms with van der Waals surface area (Å²) in [5.41, 5.74) is 7.24. The van der Waals surface area contributed by atoms with Crippen LogP contribution in [-0.2, 0) is 11.3 Å². The maximum Gasteiger partial charge on any atom is 0.410 e. The molecule has 0 aliphatic carbocycles. The summed E-state index contributed by atoms with van der Waals surface area (Å²) in [5, 5.41) is 0. The van der Waals surface area contributed by atoms with Crippen LogP contribution in [0.25, 0.3) is 33.6 Å². The van der Waals surface area contributed by atoms with Crippen molar-refractivity contribution in [3.8, 4) is 33.6 Å². The fraction of sp³-hybridized carbons (Fsp3) is 0.441. The Hall–Kier alpha value is -3.47. The van der Waals surface area contributed by atoms with E-state index in [1.165, 1.54) is 23.1 Å². The van der Waals surface area contributed by atoms with Crippen molar-refractivity contribution in [2.24, 2.45) is 0 Å². The number of hydrogen-bond donors (Lipinski definition) is 2. The zero-order chi connectivity index (χ0) is 31.0. The lowest BCUT2D eigenvalue weighted by atomic mass is 9.95. The number of carbonyl (C=O) groups is 1. The molecule has 2 fully saturated rings. The number of nitrogens with zero attached hydrogens (tertiary/aromatic N) is 5. The minimum Gasteiger partial charge on any atom is -0.444 e. The molecule has 6 rings (SSSR count). The van der Waals surface area contributed by atoms with Crippen molar-refractivity contribution in [1.82, 2.24) is 33.7 Å². The Kier molecular flexibility index (Phi) is 8.68. The molecule has 4 aromatic rings. The van der Waals surface area contributed by atoms with Crippen LogP contribution >= 0.6 is 16.1 Å². The van der Waals surface area contributed by atoms with Crippen molar-refractivity contribution in [3.05, 3.63) is 72.1 Å². The number of rotatable bonds is 7. The molecule has 0 saturated carbocycles. The van der Waals surface area contributed by atoms with E-state index in [1.807, 2.05) is 33.2 Å². The number of halogens is 1. The number of aromatic amines is 2. The Morgan fingerprint density at radius 3 is 2.14 bits per heavy atom. The van der Waals surface area contributed by atoms with E-state index in [1.54, 1.807) is 4.90 Å². The predicted molar refractivity (Wildman–Crippen MR) is 177 cm³/mol. The highest BCUT2D eigenvalue weighted by Crippen LogP contribution is 2.36. The van der Waals surface area contributed by atoms with Crippen molar-refractivity contribution in [3.63, 3.8) is 0 Å². The molecule has 1 amide bonds. The number of likely N-dealkylation sites (tertiary alicyclic amines) is 1. The molecule has 10 heteroatoms. The molecule has 2 aromatic carbocycles. The molecule has 2 aromatic heterocycles. The Labute approximate surface area is 268 Å². The molecular formula is C34H42BrN7O2. The molecule has 0 radical (unpaired) electrons. The predicted octanol–water partition coefficient (Wildman–Crippen LogP) is 7.71. The van der Waals surface area contributed by atoms with Gasteiger partial charge in [-0.3, -0.25) is 4.90 Å². The molecule has 0 spiro atoms. The van der Waals surface area contributed by atoms with Gasteiger partial charge in [0.15, 0.2) is 0 Å². The van der Waals surface area contributed by atoms with E-state index in [0.29, 0.717) is 12.6 Å². The largest absolute Gasteiger partial charge is 0.444 e. The molecule has 2 saturated heterocycles. The molecule has 2 aliphatic heterocycles. The van der Waals surface area contributed by atoms with E-state index in [2.05, 4.69) is 96.5 Å². The second-order valence-corrected chi connectivity index (χ2v) is 14.1. The lowest BCUT2D eigenvalue weighted by Gasteiger charge is -2.27. The second-order valence-electron chi connectivity index (χ2n) is 13.2. The van der Waals surface area contributed by atoms with Gasteiger partial charge < -0.3 is 19.6 Å². The van der Waals surface area contributed by atoms with Gasteiger partial charge in [-0.05, 0) is 94.4 Å². The van der Waals surface area contributed by atoms with Crippen LogP contribution in [0.3, 0.4) is 0 Å². The van der Waals surface area contributed by atoms with Gasteiger partial charge in [0.2, 0.25) is 0 Å².